The van der Waals surface area contributed by atoms with Crippen molar-refractivity contribution in [2.75, 3.05) is 13.2 Å². The Labute approximate surface area is 153 Å². The lowest BCUT2D eigenvalue weighted by molar-refractivity contribution is -0.0441. The van der Waals surface area contributed by atoms with Gasteiger partial charge in [-0.1, -0.05) is 84.9 Å². The second kappa shape index (κ2) is 7.65. The van der Waals surface area contributed by atoms with Gasteiger partial charge in [-0.3, -0.25) is 4.79 Å². The molecule has 1 saturated heterocycles. The van der Waals surface area contributed by atoms with Crippen LogP contribution in [0.5, 0.6) is 0 Å². The van der Waals surface area contributed by atoms with Crippen LogP contribution >= 0.6 is 0 Å². The number of hydrogen-bond donors (Lipinski definition) is 0. The van der Waals surface area contributed by atoms with Crippen molar-refractivity contribution in [3.8, 4) is 0 Å². The second-order valence-electron chi connectivity index (χ2n) is 6.31. The zero-order valence-electron chi connectivity index (χ0n) is 14.4. The molecule has 3 aromatic carbocycles. The molecule has 0 amide bonds. The molecule has 3 aromatic rings. The normalized spacial score (nSPS) is 15.7. The number of ketones is 1. The van der Waals surface area contributed by atoms with E-state index in [4.69, 9.17) is 9.47 Å². The molecule has 0 radical (unpaired) electrons. The van der Waals surface area contributed by atoms with Crippen molar-refractivity contribution in [2.24, 2.45) is 0 Å². The molecule has 3 heteroatoms. The Kier molecular flexibility index (Phi) is 4.91. The van der Waals surface area contributed by atoms with Gasteiger partial charge in [0.05, 0.1) is 19.1 Å². The molecule has 1 heterocycles. The molecule has 1 atom stereocenters. The fourth-order valence-corrected chi connectivity index (χ4v) is 3.31. The molecule has 1 fully saturated rings. The number of rotatable bonds is 5. The van der Waals surface area contributed by atoms with E-state index in [1.165, 1.54) is 0 Å². The molecule has 26 heavy (non-hydrogen) atoms. The summed E-state index contributed by atoms with van der Waals surface area (Å²) in [7, 11) is 0. The van der Waals surface area contributed by atoms with E-state index in [2.05, 4.69) is 0 Å². The van der Waals surface area contributed by atoms with Gasteiger partial charge in [-0.15, -0.1) is 0 Å². The van der Waals surface area contributed by atoms with Gasteiger partial charge in [0.1, 0.15) is 0 Å². The summed E-state index contributed by atoms with van der Waals surface area (Å²) < 4.78 is 11.1. The number of Topliss-reactive ketones (excluding diaryl/α,β-unsaturated/α-hetero) is 1. The number of hydrogen-bond acceptors (Lipinski definition) is 3. The van der Waals surface area contributed by atoms with Gasteiger partial charge in [0.2, 0.25) is 0 Å². The number of carbonyl (C=O) groups is 1. The standard InChI is InChI=1S/C23H20O3/c24-22(19-9-5-2-6-10-19)21(17-7-3-1-4-8-17)18-11-13-20(14-12-18)23-25-15-16-26-23/h1-14,21,23H,15-16H2/t21-/m1/s1. The van der Waals surface area contributed by atoms with Crippen molar-refractivity contribution in [2.45, 2.75) is 12.2 Å². The lowest BCUT2D eigenvalue weighted by atomic mass is 9.84. The van der Waals surface area contributed by atoms with Gasteiger partial charge in [-0.2, -0.15) is 0 Å². The van der Waals surface area contributed by atoms with E-state index in [1.54, 1.807) is 0 Å². The average molecular weight is 344 g/mol. The van der Waals surface area contributed by atoms with E-state index in [0.29, 0.717) is 18.8 Å². The molecule has 0 spiro atoms. The van der Waals surface area contributed by atoms with Gasteiger partial charge in [-0.05, 0) is 11.1 Å². The first-order valence-corrected chi connectivity index (χ1v) is 8.80. The number of ether oxygens (including phenoxy) is 2. The molecule has 0 saturated carbocycles. The van der Waals surface area contributed by atoms with E-state index in [1.807, 2.05) is 84.9 Å². The maximum absolute atomic E-state index is 13.2. The number of carbonyl (C=O) groups excluding carboxylic acids is 1. The van der Waals surface area contributed by atoms with E-state index in [9.17, 15) is 4.79 Å². The fraction of sp³-hybridized carbons (Fsp3) is 0.174. The first-order chi connectivity index (χ1) is 12.8. The Hall–Kier alpha value is -2.75. The van der Waals surface area contributed by atoms with Gasteiger partial charge >= 0.3 is 0 Å². The van der Waals surface area contributed by atoms with Gasteiger partial charge in [-0.25, -0.2) is 0 Å². The average Bonchev–Trinajstić information content (AvgIpc) is 3.25. The van der Waals surface area contributed by atoms with Crippen LogP contribution in [-0.2, 0) is 9.47 Å². The van der Waals surface area contributed by atoms with Crippen molar-refractivity contribution in [3.63, 3.8) is 0 Å². The third-order valence-corrected chi connectivity index (χ3v) is 4.62. The summed E-state index contributed by atoms with van der Waals surface area (Å²) in [5.74, 6) is -0.240. The third kappa shape index (κ3) is 3.45. The highest BCUT2D eigenvalue weighted by atomic mass is 16.7. The van der Waals surface area contributed by atoms with E-state index in [-0.39, 0.29) is 18.0 Å². The molecule has 130 valence electrons. The summed E-state index contributed by atoms with van der Waals surface area (Å²) >= 11 is 0. The van der Waals surface area contributed by atoms with Crippen LogP contribution in [0.25, 0.3) is 0 Å². The van der Waals surface area contributed by atoms with Crippen LogP contribution in [0.1, 0.15) is 39.3 Å². The van der Waals surface area contributed by atoms with Gasteiger partial charge in [0.15, 0.2) is 12.1 Å². The lowest BCUT2D eigenvalue weighted by Gasteiger charge is -2.18. The highest BCUT2D eigenvalue weighted by Gasteiger charge is 2.25. The summed E-state index contributed by atoms with van der Waals surface area (Å²) in [4.78, 5) is 13.2. The predicted octanol–water partition coefficient (Wildman–Crippen LogP) is 4.75. The summed E-state index contributed by atoms with van der Waals surface area (Å²) in [6.45, 7) is 1.23. The monoisotopic (exact) mass is 344 g/mol. The smallest absolute Gasteiger partial charge is 0.184 e. The highest BCUT2D eigenvalue weighted by molar-refractivity contribution is 6.03. The Morgan fingerprint density at radius 1 is 0.731 bits per heavy atom. The Balaban J connectivity index is 1.70. The molecule has 3 nitrogen and oxygen atoms in total. The van der Waals surface area contributed by atoms with E-state index >= 15 is 0 Å². The first kappa shape index (κ1) is 16.7. The zero-order chi connectivity index (χ0) is 17.8. The van der Waals surface area contributed by atoms with Gasteiger partial charge in [0.25, 0.3) is 0 Å². The number of benzene rings is 3. The molecule has 0 aliphatic carbocycles. The Morgan fingerprint density at radius 3 is 1.88 bits per heavy atom. The molecule has 1 aliphatic rings. The van der Waals surface area contributed by atoms with E-state index < -0.39 is 0 Å². The van der Waals surface area contributed by atoms with Crippen molar-refractivity contribution >= 4 is 5.78 Å². The Bertz CT molecular complexity index is 851. The summed E-state index contributed by atoms with van der Waals surface area (Å²) in [6, 6.07) is 27.3. The van der Waals surface area contributed by atoms with Gasteiger partial charge < -0.3 is 9.47 Å². The van der Waals surface area contributed by atoms with Crippen molar-refractivity contribution < 1.29 is 14.3 Å². The summed E-state index contributed by atoms with van der Waals surface area (Å²) in [6.07, 6.45) is -0.302. The minimum Gasteiger partial charge on any atom is -0.346 e. The van der Waals surface area contributed by atoms with Crippen LogP contribution in [0.4, 0.5) is 0 Å². The van der Waals surface area contributed by atoms with Crippen molar-refractivity contribution in [1.29, 1.82) is 0 Å². The molecule has 0 N–H and O–H groups in total. The SMILES string of the molecule is O=C(c1ccccc1)[C@H](c1ccccc1)c1ccc(C2OCCO2)cc1. The van der Waals surface area contributed by atoms with Crippen LogP contribution in [0.2, 0.25) is 0 Å². The van der Waals surface area contributed by atoms with Crippen LogP contribution in [0.15, 0.2) is 84.9 Å². The van der Waals surface area contributed by atoms with Crippen LogP contribution in [-0.4, -0.2) is 19.0 Å². The van der Waals surface area contributed by atoms with Crippen LogP contribution in [0.3, 0.4) is 0 Å². The predicted molar refractivity (Wildman–Crippen MR) is 100 cm³/mol. The maximum atomic E-state index is 13.2. The molecule has 0 bridgehead atoms. The maximum Gasteiger partial charge on any atom is 0.184 e. The zero-order valence-corrected chi connectivity index (χ0v) is 14.4. The fourth-order valence-electron chi connectivity index (χ4n) is 3.31. The molecular formula is C23H20O3. The quantitative estimate of drug-likeness (QED) is 0.627. The largest absolute Gasteiger partial charge is 0.346 e. The van der Waals surface area contributed by atoms with Crippen molar-refractivity contribution in [1.82, 2.24) is 0 Å². The van der Waals surface area contributed by atoms with E-state index in [0.717, 1.165) is 16.7 Å². The highest BCUT2D eigenvalue weighted by Crippen LogP contribution is 2.31. The van der Waals surface area contributed by atoms with Crippen molar-refractivity contribution in [3.05, 3.63) is 107 Å². The Morgan fingerprint density at radius 2 is 1.27 bits per heavy atom. The summed E-state index contributed by atoms with van der Waals surface area (Å²) in [5.41, 5.74) is 3.65. The van der Waals surface area contributed by atoms with Crippen LogP contribution in [0, 0.1) is 0 Å². The third-order valence-electron chi connectivity index (χ3n) is 4.62. The molecule has 0 unspecified atom stereocenters. The van der Waals surface area contributed by atoms with Crippen LogP contribution < -0.4 is 0 Å². The minimum absolute atomic E-state index is 0.0953. The molecule has 1 aliphatic heterocycles. The summed E-state index contributed by atoms with van der Waals surface area (Å²) in [5, 5.41) is 0. The first-order valence-electron chi connectivity index (χ1n) is 8.80. The lowest BCUT2D eigenvalue weighted by Crippen LogP contribution is -2.14. The minimum atomic E-state index is -0.335. The second-order valence-corrected chi connectivity index (χ2v) is 6.31. The molecule has 0 aromatic heterocycles. The van der Waals surface area contributed by atoms with Gasteiger partial charge in [0, 0.05) is 11.1 Å². The molecule has 4 rings (SSSR count). The topological polar surface area (TPSA) is 35.5 Å². The molecular weight excluding hydrogens is 324 g/mol.